The number of carbonyl (C=O) groups is 1. The largest absolute Gasteiger partial charge is 0.378 e. The van der Waals surface area contributed by atoms with Crippen LogP contribution in [0.25, 0.3) is 16.8 Å². The molecule has 1 saturated heterocycles. The summed E-state index contributed by atoms with van der Waals surface area (Å²) >= 11 is 0. The van der Waals surface area contributed by atoms with Crippen LogP contribution in [0.5, 0.6) is 0 Å². The van der Waals surface area contributed by atoms with E-state index < -0.39 is 23.2 Å². The van der Waals surface area contributed by atoms with Crippen LogP contribution in [0.3, 0.4) is 0 Å². The Hall–Kier alpha value is -3.86. The van der Waals surface area contributed by atoms with Crippen LogP contribution >= 0.6 is 0 Å². The summed E-state index contributed by atoms with van der Waals surface area (Å²) in [6, 6.07) is 6.62. The highest BCUT2D eigenvalue weighted by atomic mass is 19.1. The zero-order chi connectivity index (χ0) is 26.5. The van der Waals surface area contributed by atoms with Gasteiger partial charge < -0.3 is 15.0 Å². The van der Waals surface area contributed by atoms with Gasteiger partial charge in [0.2, 0.25) is 5.95 Å². The number of rotatable bonds is 4. The second kappa shape index (κ2) is 9.22. The van der Waals surface area contributed by atoms with E-state index in [0.29, 0.717) is 48.9 Å². The molecular formula is C26H29F2N7O2. The Bertz CT molecular complexity index is 1500. The fraction of sp³-hybridized carbons (Fsp3) is 0.385. The summed E-state index contributed by atoms with van der Waals surface area (Å²) in [4.78, 5) is 19.8. The molecule has 3 aromatic heterocycles. The van der Waals surface area contributed by atoms with Crippen molar-refractivity contribution in [2.45, 2.75) is 40.2 Å². The minimum atomic E-state index is -0.765. The number of benzene rings is 1. The number of morpholine rings is 1. The van der Waals surface area contributed by atoms with Crippen molar-refractivity contribution in [3.05, 3.63) is 59.2 Å². The van der Waals surface area contributed by atoms with Gasteiger partial charge in [0, 0.05) is 13.1 Å². The Morgan fingerprint density at radius 2 is 1.81 bits per heavy atom. The molecule has 0 atom stereocenters. The van der Waals surface area contributed by atoms with Crippen LogP contribution in [0.4, 0.5) is 20.3 Å². The first kappa shape index (κ1) is 24.8. The van der Waals surface area contributed by atoms with Gasteiger partial charge in [-0.25, -0.2) is 14.1 Å². The number of nitrogens with zero attached hydrogens (tertiary/aromatic N) is 6. The summed E-state index contributed by atoms with van der Waals surface area (Å²) in [5, 5.41) is 11.0. The van der Waals surface area contributed by atoms with Gasteiger partial charge in [0.1, 0.15) is 23.1 Å². The van der Waals surface area contributed by atoms with Crippen LogP contribution in [0.2, 0.25) is 0 Å². The van der Waals surface area contributed by atoms with Crippen molar-refractivity contribution < 1.29 is 18.3 Å². The molecule has 4 aromatic rings. The fourth-order valence-electron chi connectivity index (χ4n) is 4.48. The highest BCUT2D eigenvalue weighted by Crippen LogP contribution is 2.32. The molecule has 11 heteroatoms. The molecule has 0 saturated carbocycles. The minimum Gasteiger partial charge on any atom is -0.378 e. The number of pyridine rings is 1. The lowest BCUT2D eigenvalue weighted by molar-refractivity contribution is 0.102. The monoisotopic (exact) mass is 509 g/mol. The van der Waals surface area contributed by atoms with Crippen molar-refractivity contribution in [2.24, 2.45) is 0 Å². The quantitative estimate of drug-likeness (QED) is 0.441. The lowest BCUT2D eigenvalue weighted by atomic mass is 9.97. The van der Waals surface area contributed by atoms with E-state index in [1.165, 1.54) is 23.0 Å². The highest BCUT2D eigenvalue weighted by molar-refractivity contribution is 6.05. The molecule has 1 aliphatic heterocycles. The van der Waals surface area contributed by atoms with Gasteiger partial charge in [-0.3, -0.25) is 4.79 Å². The molecule has 9 nitrogen and oxygen atoms in total. The summed E-state index contributed by atoms with van der Waals surface area (Å²) in [7, 11) is 0. The predicted octanol–water partition coefficient (Wildman–Crippen LogP) is 4.33. The predicted molar refractivity (Wildman–Crippen MR) is 136 cm³/mol. The summed E-state index contributed by atoms with van der Waals surface area (Å²) in [5.74, 6) is -0.700. The van der Waals surface area contributed by atoms with Gasteiger partial charge in [-0.15, -0.1) is 5.10 Å². The van der Waals surface area contributed by atoms with Crippen LogP contribution in [0.15, 0.2) is 30.5 Å². The molecule has 1 N–H and O–H groups in total. The lowest BCUT2D eigenvalue weighted by Gasteiger charge is -2.29. The molecule has 4 heterocycles. The number of fused-ring (bicyclic) bond motifs is 1. The maximum absolute atomic E-state index is 15.0. The summed E-state index contributed by atoms with van der Waals surface area (Å²) < 4.78 is 38.3. The Balaban J connectivity index is 1.55. The summed E-state index contributed by atoms with van der Waals surface area (Å²) in [6.07, 6.45) is 1.22. The number of nitrogens with one attached hydrogen (secondary N) is 1. The van der Waals surface area contributed by atoms with E-state index in [2.05, 4.69) is 25.4 Å². The Morgan fingerprint density at radius 3 is 2.49 bits per heavy atom. The summed E-state index contributed by atoms with van der Waals surface area (Å²) in [5.41, 5.74) is 1.78. The second-order valence-electron chi connectivity index (χ2n) is 10.2. The number of hydrogen-bond donors (Lipinski definition) is 1. The second-order valence-corrected chi connectivity index (χ2v) is 10.2. The molecule has 5 rings (SSSR count). The van der Waals surface area contributed by atoms with Crippen LogP contribution in [-0.2, 0) is 10.3 Å². The standard InChI is InChI=1S/C26H29F2N7O2/c1-15-10-20(27)19(25(36)31-21-14-29-35(24(21)28)26(3,4)5)13-18(15)17-11-22-30-16(2)32-34(22)23(12-17)33-6-8-37-9-7-33/h10-14H,6-9H2,1-5H3,(H,31,36). The van der Waals surface area contributed by atoms with Gasteiger partial charge in [0.05, 0.1) is 30.5 Å². The third kappa shape index (κ3) is 4.66. The number of carbonyl (C=O) groups excluding carboxylic acids is 1. The van der Waals surface area contributed by atoms with E-state index in [0.717, 1.165) is 11.4 Å². The number of aryl methyl sites for hydroxylation is 2. The Morgan fingerprint density at radius 1 is 1.08 bits per heavy atom. The third-order valence-corrected chi connectivity index (χ3v) is 6.32. The molecule has 0 radical (unpaired) electrons. The maximum atomic E-state index is 15.0. The molecule has 1 amide bonds. The average molecular weight is 510 g/mol. The average Bonchev–Trinajstić information content (AvgIpc) is 3.40. The summed E-state index contributed by atoms with van der Waals surface area (Å²) in [6.45, 7) is 11.6. The molecule has 1 aromatic carbocycles. The number of halogens is 2. The van der Waals surface area contributed by atoms with E-state index in [-0.39, 0.29) is 11.3 Å². The Labute approximate surface area is 213 Å². The number of ether oxygens (including phenoxy) is 1. The number of amides is 1. The van der Waals surface area contributed by atoms with E-state index in [9.17, 15) is 13.6 Å². The van der Waals surface area contributed by atoms with Crippen molar-refractivity contribution in [3.63, 3.8) is 0 Å². The first-order chi connectivity index (χ1) is 17.5. The van der Waals surface area contributed by atoms with E-state index in [4.69, 9.17) is 4.74 Å². The molecule has 0 bridgehead atoms. The van der Waals surface area contributed by atoms with Crippen molar-refractivity contribution in [1.82, 2.24) is 24.4 Å². The molecule has 1 aliphatic rings. The minimum absolute atomic E-state index is 0.114. The van der Waals surface area contributed by atoms with Gasteiger partial charge in [0.25, 0.3) is 5.91 Å². The van der Waals surface area contributed by atoms with Crippen LogP contribution < -0.4 is 10.2 Å². The topological polar surface area (TPSA) is 89.6 Å². The Kier molecular flexibility index (Phi) is 6.18. The number of hydrogen-bond acceptors (Lipinski definition) is 6. The van der Waals surface area contributed by atoms with E-state index in [1.54, 1.807) is 32.2 Å². The van der Waals surface area contributed by atoms with E-state index >= 15 is 0 Å². The smallest absolute Gasteiger partial charge is 0.258 e. The van der Waals surface area contributed by atoms with Crippen molar-refractivity contribution in [2.75, 3.05) is 36.5 Å². The number of aromatic nitrogens is 5. The van der Waals surface area contributed by atoms with Gasteiger partial charge in [-0.05, 0) is 75.6 Å². The normalized spacial score (nSPS) is 14.4. The molecule has 0 spiro atoms. The van der Waals surface area contributed by atoms with Gasteiger partial charge in [0.15, 0.2) is 5.65 Å². The van der Waals surface area contributed by atoms with Gasteiger partial charge in [-0.1, -0.05) is 0 Å². The third-order valence-electron chi connectivity index (χ3n) is 6.32. The first-order valence-corrected chi connectivity index (χ1v) is 12.1. The maximum Gasteiger partial charge on any atom is 0.258 e. The van der Waals surface area contributed by atoms with E-state index in [1.807, 2.05) is 19.1 Å². The zero-order valence-corrected chi connectivity index (χ0v) is 21.5. The van der Waals surface area contributed by atoms with Crippen molar-refractivity contribution in [1.29, 1.82) is 0 Å². The molecular weight excluding hydrogens is 480 g/mol. The molecule has 0 unspecified atom stereocenters. The molecule has 37 heavy (non-hydrogen) atoms. The zero-order valence-electron chi connectivity index (χ0n) is 21.5. The van der Waals surface area contributed by atoms with Crippen LogP contribution in [0, 0.1) is 25.6 Å². The van der Waals surface area contributed by atoms with Gasteiger partial charge in [-0.2, -0.15) is 14.0 Å². The lowest BCUT2D eigenvalue weighted by Crippen LogP contribution is -2.37. The highest BCUT2D eigenvalue weighted by Gasteiger charge is 2.24. The SMILES string of the molecule is Cc1nc2cc(-c3cc(C(=O)Nc4cnn(C(C)(C)C)c4F)c(F)cc3C)cc(N3CCOCC3)n2n1. The molecule has 194 valence electrons. The fourth-order valence-corrected chi connectivity index (χ4v) is 4.48. The number of anilines is 2. The first-order valence-electron chi connectivity index (χ1n) is 12.1. The molecule has 1 fully saturated rings. The van der Waals surface area contributed by atoms with Crippen molar-refractivity contribution >= 4 is 23.1 Å². The van der Waals surface area contributed by atoms with Gasteiger partial charge >= 0.3 is 0 Å². The molecule has 0 aliphatic carbocycles. The van der Waals surface area contributed by atoms with Crippen molar-refractivity contribution in [3.8, 4) is 11.1 Å². The van der Waals surface area contributed by atoms with Crippen LogP contribution in [0.1, 0.15) is 42.5 Å². The van der Waals surface area contributed by atoms with Crippen LogP contribution in [-0.4, -0.2) is 56.6 Å².